The fraction of sp³-hybridized carbons (Fsp3) is 0.409. The number of likely N-dealkylation sites (tertiary alicyclic amines) is 2. The monoisotopic (exact) mass is 394 g/mol. The van der Waals surface area contributed by atoms with Crippen molar-refractivity contribution in [2.24, 2.45) is 11.3 Å². The summed E-state index contributed by atoms with van der Waals surface area (Å²) in [4.78, 5) is 32.3. The number of anilines is 1. The predicted octanol–water partition coefficient (Wildman–Crippen LogP) is 1.76. The third-order valence-corrected chi connectivity index (χ3v) is 6.22. The summed E-state index contributed by atoms with van der Waals surface area (Å²) >= 11 is 0. The average Bonchev–Trinajstić information content (AvgIpc) is 3.20. The second-order valence-corrected chi connectivity index (χ2v) is 8.24. The highest BCUT2D eigenvalue weighted by atomic mass is 16.4. The molecule has 29 heavy (non-hydrogen) atoms. The van der Waals surface area contributed by atoms with Gasteiger partial charge in [-0.2, -0.15) is 0 Å². The summed E-state index contributed by atoms with van der Waals surface area (Å²) in [6.07, 6.45) is 1.84. The van der Waals surface area contributed by atoms with Gasteiger partial charge in [-0.25, -0.2) is 4.98 Å². The van der Waals surface area contributed by atoms with E-state index in [0.29, 0.717) is 37.7 Å². The Hall–Kier alpha value is -2.93. The number of carboxylic acids is 1. The lowest BCUT2D eigenvalue weighted by atomic mass is 9.76. The van der Waals surface area contributed by atoms with Crippen LogP contribution in [0.1, 0.15) is 22.5 Å². The normalized spacial score (nSPS) is 23.9. The number of pyridine rings is 1. The van der Waals surface area contributed by atoms with E-state index in [9.17, 15) is 14.7 Å². The maximum absolute atomic E-state index is 13.0. The molecule has 1 aromatic heterocycles. The van der Waals surface area contributed by atoms with Gasteiger partial charge in [0.1, 0.15) is 11.5 Å². The van der Waals surface area contributed by atoms with Gasteiger partial charge < -0.3 is 15.7 Å². The number of hydrogen-bond acceptors (Lipinski definition) is 5. The Balaban J connectivity index is 1.52. The van der Waals surface area contributed by atoms with Crippen LogP contribution in [0.4, 0.5) is 5.82 Å². The second kappa shape index (κ2) is 7.83. The van der Waals surface area contributed by atoms with E-state index in [1.54, 1.807) is 18.2 Å². The number of amides is 1. The Morgan fingerprint density at radius 2 is 1.90 bits per heavy atom. The number of rotatable bonds is 6. The molecule has 3 heterocycles. The quantitative estimate of drug-likeness (QED) is 0.774. The lowest BCUT2D eigenvalue weighted by molar-refractivity contribution is -0.138. The summed E-state index contributed by atoms with van der Waals surface area (Å²) in [5.74, 6) is -0.312. The summed E-state index contributed by atoms with van der Waals surface area (Å²) in [7, 11) is 0. The number of carbonyl (C=O) groups excluding carboxylic acids is 1. The van der Waals surface area contributed by atoms with Crippen molar-refractivity contribution in [2.45, 2.75) is 12.8 Å². The predicted molar refractivity (Wildman–Crippen MR) is 109 cm³/mol. The zero-order valence-electron chi connectivity index (χ0n) is 16.3. The highest BCUT2D eigenvalue weighted by molar-refractivity contribution is 5.93. The molecule has 0 aliphatic carbocycles. The highest BCUT2D eigenvalue weighted by Crippen LogP contribution is 2.46. The van der Waals surface area contributed by atoms with Gasteiger partial charge in [-0.15, -0.1) is 0 Å². The number of carboxylic acid groups (broad SMARTS) is 1. The van der Waals surface area contributed by atoms with E-state index in [1.165, 1.54) is 5.56 Å². The molecule has 2 aliphatic rings. The van der Waals surface area contributed by atoms with Crippen LogP contribution < -0.4 is 5.73 Å². The zero-order chi connectivity index (χ0) is 20.4. The molecule has 7 nitrogen and oxygen atoms in total. The minimum atomic E-state index is -0.805. The van der Waals surface area contributed by atoms with Crippen LogP contribution in [-0.2, 0) is 11.2 Å². The third-order valence-electron chi connectivity index (χ3n) is 6.22. The molecule has 2 saturated heterocycles. The van der Waals surface area contributed by atoms with Crippen LogP contribution in [0.3, 0.4) is 0 Å². The Kier molecular flexibility index (Phi) is 5.24. The summed E-state index contributed by atoms with van der Waals surface area (Å²) in [6, 6.07) is 15.4. The number of carbonyl (C=O) groups is 2. The molecule has 1 aromatic carbocycles. The highest BCUT2D eigenvalue weighted by Gasteiger charge is 2.53. The minimum absolute atomic E-state index is 0.0499. The minimum Gasteiger partial charge on any atom is -0.480 e. The Labute approximate surface area is 170 Å². The summed E-state index contributed by atoms with van der Waals surface area (Å²) in [5.41, 5.74) is 7.28. The lowest BCUT2D eigenvalue weighted by Gasteiger charge is -2.29. The summed E-state index contributed by atoms with van der Waals surface area (Å²) in [5, 5.41) is 9.22. The SMILES string of the molecule is Nc1cccc(C(=O)N2CC3CN(CC(=O)O)CC3(CCc3ccccc3)C2)n1. The molecule has 7 heteroatoms. The topological polar surface area (TPSA) is 99.8 Å². The van der Waals surface area contributed by atoms with Crippen LogP contribution in [0.2, 0.25) is 0 Å². The molecule has 4 rings (SSSR count). The zero-order valence-corrected chi connectivity index (χ0v) is 16.3. The first-order chi connectivity index (χ1) is 13.9. The molecule has 0 bridgehead atoms. The Morgan fingerprint density at radius 1 is 1.10 bits per heavy atom. The number of aryl methyl sites for hydroxylation is 1. The average molecular weight is 394 g/mol. The van der Waals surface area contributed by atoms with Crippen LogP contribution in [0.5, 0.6) is 0 Å². The van der Waals surface area contributed by atoms with Gasteiger partial charge in [-0.3, -0.25) is 14.5 Å². The van der Waals surface area contributed by atoms with E-state index >= 15 is 0 Å². The van der Waals surface area contributed by atoms with Crippen molar-refractivity contribution in [1.82, 2.24) is 14.8 Å². The van der Waals surface area contributed by atoms with Crippen LogP contribution in [0, 0.1) is 11.3 Å². The molecule has 2 aliphatic heterocycles. The van der Waals surface area contributed by atoms with Gasteiger partial charge in [0, 0.05) is 31.6 Å². The van der Waals surface area contributed by atoms with Gasteiger partial charge in [0.25, 0.3) is 5.91 Å². The maximum atomic E-state index is 13.0. The van der Waals surface area contributed by atoms with Crippen molar-refractivity contribution in [3.05, 3.63) is 59.8 Å². The molecular weight excluding hydrogens is 368 g/mol. The molecule has 2 fully saturated rings. The van der Waals surface area contributed by atoms with Crippen molar-refractivity contribution < 1.29 is 14.7 Å². The van der Waals surface area contributed by atoms with Crippen molar-refractivity contribution >= 4 is 17.7 Å². The van der Waals surface area contributed by atoms with Gasteiger partial charge >= 0.3 is 5.97 Å². The van der Waals surface area contributed by atoms with Crippen molar-refractivity contribution in [1.29, 1.82) is 0 Å². The van der Waals surface area contributed by atoms with E-state index in [0.717, 1.165) is 12.8 Å². The van der Waals surface area contributed by atoms with Gasteiger partial charge in [0.05, 0.1) is 6.54 Å². The molecule has 2 unspecified atom stereocenters. The van der Waals surface area contributed by atoms with Crippen LogP contribution >= 0.6 is 0 Å². The van der Waals surface area contributed by atoms with E-state index < -0.39 is 5.97 Å². The van der Waals surface area contributed by atoms with Crippen molar-refractivity contribution in [3.63, 3.8) is 0 Å². The van der Waals surface area contributed by atoms with Crippen molar-refractivity contribution in [2.75, 3.05) is 38.5 Å². The smallest absolute Gasteiger partial charge is 0.317 e. The molecule has 0 spiro atoms. The fourth-order valence-electron chi connectivity index (χ4n) is 4.88. The Morgan fingerprint density at radius 3 is 2.62 bits per heavy atom. The first kappa shape index (κ1) is 19.4. The van der Waals surface area contributed by atoms with Crippen LogP contribution in [-0.4, -0.2) is 64.5 Å². The van der Waals surface area contributed by atoms with E-state index in [-0.39, 0.29) is 23.8 Å². The number of aliphatic carboxylic acids is 1. The number of aromatic nitrogens is 1. The number of nitrogen functional groups attached to an aromatic ring is 1. The van der Waals surface area contributed by atoms with E-state index in [4.69, 9.17) is 5.73 Å². The number of benzene rings is 1. The molecule has 0 radical (unpaired) electrons. The largest absolute Gasteiger partial charge is 0.480 e. The van der Waals surface area contributed by atoms with E-state index in [1.807, 2.05) is 28.0 Å². The number of fused-ring (bicyclic) bond motifs is 1. The third kappa shape index (κ3) is 4.10. The van der Waals surface area contributed by atoms with E-state index in [2.05, 4.69) is 17.1 Å². The van der Waals surface area contributed by atoms with Crippen LogP contribution in [0.15, 0.2) is 48.5 Å². The molecule has 1 amide bonds. The molecular formula is C22H26N4O3. The number of nitrogens with zero attached hydrogens (tertiary/aromatic N) is 3. The molecule has 2 atom stereocenters. The first-order valence-corrected chi connectivity index (χ1v) is 9.95. The second-order valence-electron chi connectivity index (χ2n) is 8.24. The van der Waals surface area contributed by atoms with Gasteiger partial charge in [0.2, 0.25) is 0 Å². The maximum Gasteiger partial charge on any atom is 0.317 e. The summed E-state index contributed by atoms with van der Waals surface area (Å²) in [6.45, 7) is 2.70. The van der Waals surface area contributed by atoms with Gasteiger partial charge in [0.15, 0.2) is 0 Å². The standard InChI is InChI=1S/C22H26N4O3/c23-19-8-4-7-18(24-19)21(29)26-12-17-11-25(13-20(27)28)14-22(17,15-26)10-9-16-5-2-1-3-6-16/h1-8,17H,9-15H2,(H2,23,24)(H,27,28). The van der Waals surface area contributed by atoms with Gasteiger partial charge in [-0.1, -0.05) is 36.4 Å². The lowest BCUT2D eigenvalue weighted by Crippen LogP contribution is -2.38. The molecule has 2 aromatic rings. The number of nitrogens with two attached hydrogens (primary N) is 1. The van der Waals surface area contributed by atoms with Crippen LogP contribution in [0.25, 0.3) is 0 Å². The molecule has 152 valence electrons. The molecule has 3 N–H and O–H groups in total. The summed E-state index contributed by atoms with van der Waals surface area (Å²) < 4.78 is 0. The fourth-order valence-corrected chi connectivity index (χ4v) is 4.88. The first-order valence-electron chi connectivity index (χ1n) is 9.95. The Bertz CT molecular complexity index is 904. The van der Waals surface area contributed by atoms with Gasteiger partial charge in [-0.05, 0) is 36.5 Å². The van der Waals surface area contributed by atoms with Crippen molar-refractivity contribution in [3.8, 4) is 0 Å². The molecule has 0 saturated carbocycles. The number of hydrogen-bond donors (Lipinski definition) is 2.